The molecule has 0 spiro atoms. The van der Waals surface area contributed by atoms with Gasteiger partial charge in [-0.15, -0.1) is 0 Å². The molecule has 1 aromatic heterocycles. The van der Waals surface area contributed by atoms with E-state index in [1.807, 2.05) is 0 Å². The lowest BCUT2D eigenvalue weighted by Crippen LogP contribution is -2.19. The second kappa shape index (κ2) is 5.81. The Morgan fingerprint density at radius 1 is 1.17 bits per heavy atom. The Morgan fingerprint density at radius 2 is 1.83 bits per heavy atom. The van der Waals surface area contributed by atoms with Crippen molar-refractivity contribution in [2.75, 3.05) is 18.1 Å². The monoisotopic (exact) mass is 325 g/mol. The molecule has 0 atom stereocenters. The van der Waals surface area contributed by atoms with E-state index >= 15 is 0 Å². The molecule has 0 saturated heterocycles. The number of pyridine rings is 1. The summed E-state index contributed by atoms with van der Waals surface area (Å²) in [5.41, 5.74) is 6.72. The molecule has 3 N–H and O–H groups in total. The van der Waals surface area contributed by atoms with E-state index in [0.717, 1.165) is 6.07 Å². The predicted molar refractivity (Wildman–Crippen MR) is 93.5 cm³/mol. The first-order chi connectivity index (χ1) is 11.4. The summed E-state index contributed by atoms with van der Waals surface area (Å²) in [5.74, 6) is -0.948. The average Bonchev–Trinajstić information content (AvgIpc) is 2.55. The zero-order valence-electron chi connectivity index (χ0n) is 13.3. The Hall–Kier alpha value is -3.15. The lowest BCUT2D eigenvalue weighted by molar-refractivity contribution is 0.101. The maximum Gasteiger partial charge on any atom is 0.263 e. The van der Waals surface area contributed by atoms with Gasteiger partial charge in [0.2, 0.25) is 0 Å². The molecular weight excluding hydrogens is 309 g/mol. The molecule has 5 nitrogen and oxygen atoms in total. The Kier molecular flexibility index (Phi) is 3.81. The quantitative estimate of drug-likeness (QED) is 0.573. The number of nitrogens with zero attached hydrogens (tertiary/aromatic N) is 1. The van der Waals surface area contributed by atoms with Gasteiger partial charge in [-0.05, 0) is 43.3 Å². The van der Waals surface area contributed by atoms with Crippen molar-refractivity contribution in [1.29, 1.82) is 0 Å². The van der Waals surface area contributed by atoms with Crippen LogP contribution in [0.4, 0.5) is 15.8 Å². The maximum absolute atomic E-state index is 14.3. The van der Waals surface area contributed by atoms with Crippen LogP contribution in [-0.2, 0) is 0 Å². The standard InChI is InChI=1S/C18H16FN3O2/c1-10(23)16-13-7-8-22(12-5-3-11(20)4-6-12)18(24)14(13)9-15(19)17(16)21-2/h3-9,21H,20H2,1-2H3. The van der Waals surface area contributed by atoms with Crippen LogP contribution >= 0.6 is 0 Å². The zero-order valence-corrected chi connectivity index (χ0v) is 13.3. The molecule has 0 amide bonds. The highest BCUT2D eigenvalue weighted by atomic mass is 19.1. The lowest BCUT2D eigenvalue weighted by Gasteiger charge is -2.13. The van der Waals surface area contributed by atoms with Crippen LogP contribution in [0.1, 0.15) is 17.3 Å². The van der Waals surface area contributed by atoms with Gasteiger partial charge in [-0.3, -0.25) is 14.2 Å². The van der Waals surface area contributed by atoms with Gasteiger partial charge in [0, 0.05) is 30.0 Å². The Morgan fingerprint density at radius 3 is 2.42 bits per heavy atom. The highest BCUT2D eigenvalue weighted by Gasteiger charge is 2.18. The third-order valence-electron chi connectivity index (χ3n) is 3.93. The largest absolute Gasteiger partial charge is 0.399 e. The summed E-state index contributed by atoms with van der Waals surface area (Å²) in [6, 6.07) is 9.56. The molecule has 2 aromatic carbocycles. The molecular formula is C18H16FN3O2. The van der Waals surface area contributed by atoms with Gasteiger partial charge in [-0.2, -0.15) is 0 Å². The number of nitrogens with two attached hydrogens (primary N) is 1. The van der Waals surface area contributed by atoms with Gasteiger partial charge in [-0.25, -0.2) is 4.39 Å². The van der Waals surface area contributed by atoms with Crippen LogP contribution in [0.5, 0.6) is 0 Å². The first kappa shape index (κ1) is 15.7. The normalized spacial score (nSPS) is 10.8. The predicted octanol–water partition coefficient (Wildman–Crippen LogP) is 2.96. The number of anilines is 2. The highest BCUT2D eigenvalue weighted by molar-refractivity contribution is 6.11. The SMILES string of the molecule is CNc1c(F)cc2c(=O)n(-c3ccc(N)cc3)ccc2c1C(C)=O. The lowest BCUT2D eigenvalue weighted by atomic mass is 10.0. The van der Waals surface area contributed by atoms with E-state index in [0.29, 0.717) is 16.8 Å². The van der Waals surface area contributed by atoms with Crippen LogP contribution in [0.25, 0.3) is 16.5 Å². The van der Waals surface area contributed by atoms with E-state index in [9.17, 15) is 14.0 Å². The van der Waals surface area contributed by atoms with E-state index in [-0.39, 0.29) is 22.4 Å². The minimum Gasteiger partial charge on any atom is -0.399 e. The van der Waals surface area contributed by atoms with Gasteiger partial charge >= 0.3 is 0 Å². The third kappa shape index (κ3) is 2.42. The van der Waals surface area contributed by atoms with Crippen molar-refractivity contribution < 1.29 is 9.18 Å². The maximum atomic E-state index is 14.3. The van der Waals surface area contributed by atoms with Crippen molar-refractivity contribution in [3.8, 4) is 5.69 Å². The second-order valence-electron chi connectivity index (χ2n) is 5.46. The molecule has 0 aliphatic rings. The smallest absolute Gasteiger partial charge is 0.263 e. The number of Topliss-reactive ketones (excluding diaryl/α,β-unsaturated/α-hetero) is 1. The van der Waals surface area contributed by atoms with Gasteiger partial charge in [-0.1, -0.05) is 0 Å². The number of aromatic nitrogens is 1. The van der Waals surface area contributed by atoms with E-state index in [1.165, 1.54) is 18.5 Å². The van der Waals surface area contributed by atoms with Crippen molar-refractivity contribution in [2.24, 2.45) is 0 Å². The van der Waals surface area contributed by atoms with Crippen molar-refractivity contribution in [1.82, 2.24) is 4.57 Å². The number of hydrogen-bond donors (Lipinski definition) is 2. The topological polar surface area (TPSA) is 77.1 Å². The Balaban J connectivity index is 2.36. The molecule has 3 aromatic rings. The molecule has 0 bridgehead atoms. The molecule has 3 rings (SSSR count). The van der Waals surface area contributed by atoms with Crippen molar-refractivity contribution in [3.63, 3.8) is 0 Å². The summed E-state index contributed by atoms with van der Waals surface area (Å²) >= 11 is 0. The molecule has 0 unspecified atom stereocenters. The highest BCUT2D eigenvalue weighted by Crippen LogP contribution is 2.28. The summed E-state index contributed by atoms with van der Waals surface area (Å²) in [6.07, 6.45) is 1.57. The molecule has 0 aliphatic heterocycles. The van der Waals surface area contributed by atoms with Crippen molar-refractivity contribution in [2.45, 2.75) is 6.92 Å². The number of nitrogen functional groups attached to an aromatic ring is 1. The summed E-state index contributed by atoms with van der Waals surface area (Å²) in [5, 5.41) is 3.26. The molecule has 0 saturated carbocycles. The molecule has 1 heterocycles. The van der Waals surface area contributed by atoms with Crippen molar-refractivity contribution in [3.05, 3.63) is 64.3 Å². The second-order valence-corrected chi connectivity index (χ2v) is 5.46. The molecule has 24 heavy (non-hydrogen) atoms. The van der Waals surface area contributed by atoms with Gasteiger partial charge in [0.15, 0.2) is 5.78 Å². The molecule has 6 heteroatoms. The van der Waals surface area contributed by atoms with E-state index in [4.69, 9.17) is 5.73 Å². The van der Waals surface area contributed by atoms with E-state index < -0.39 is 11.4 Å². The fourth-order valence-electron chi connectivity index (χ4n) is 2.81. The Labute approximate surface area is 137 Å². The number of halogens is 1. The van der Waals surface area contributed by atoms with Crippen LogP contribution in [0.2, 0.25) is 0 Å². The number of nitrogens with one attached hydrogen (secondary N) is 1. The molecule has 0 fully saturated rings. The van der Waals surface area contributed by atoms with E-state index in [1.54, 1.807) is 36.5 Å². The van der Waals surface area contributed by atoms with Gasteiger partial charge < -0.3 is 11.1 Å². The Bertz CT molecular complexity index is 1010. The average molecular weight is 325 g/mol. The van der Waals surface area contributed by atoms with Crippen LogP contribution in [0.3, 0.4) is 0 Å². The van der Waals surface area contributed by atoms with E-state index in [2.05, 4.69) is 5.32 Å². The number of rotatable bonds is 3. The first-order valence-electron chi connectivity index (χ1n) is 7.36. The summed E-state index contributed by atoms with van der Waals surface area (Å²) < 4.78 is 15.7. The van der Waals surface area contributed by atoms with Gasteiger partial charge in [0.05, 0.1) is 16.6 Å². The number of benzene rings is 2. The third-order valence-corrected chi connectivity index (χ3v) is 3.93. The van der Waals surface area contributed by atoms with Crippen LogP contribution < -0.4 is 16.6 Å². The number of carbonyl (C=O) groups is 1. The zero-order chi connectivity index (χ0) is 17.4. The summed E-state index contributed by atoms with van der Waals surface area (Å²) in [7, 11) is 1.53. The fraction of sp³-hybridized carbons (Fsp3) is 0.111. The molecule has 0 aliphatic carbocycles. The minimum atomic E-state index is -0.637. The number of fused-ring (bicyclic) bond motifs is 1. The van der Waals surface area contributed by atoms with Crippen LogP contribution in [0.15, 0.2) is 47.4 Å². The van der Waals surface area contributed by atoms with Crippen LogP contribution in [-0.4, -0.2) is 17.4 Å². The minimum absolute atomic E-state index is 0.0969. The van der Waals surface area contributed by atoms with Gasteiger partial charge in [0.25, 0.3) is 5.56 Å². The molecule has 0 radical (unpaired) electrons. The first-order valence-corrected chi connectivity index (χ1v) is 7.36. The van der Waals surface area contributed by atoms with Crippen molar-refractivity contribution >= 4 is 27.9 Å². The summed E-state index contributed by atoms with van der Waals surface area (Å²) in [4.78, 5) is 24.7. The summed E-state index contributed by atoms with van der Waals surface area (Å²) in [6.45, 7) is 1.35. The number of carbonyl (C=O) groups excluding carboxylic acids is 1. The fourth-order valence-corrected chi connectivity index (χ4v) is 2.81. The van der Waals surface area contributed by atoms with Crippen LogP contribution in [0, 0.1) is 5.82 Å². The van der Waals surface area contributed by atoms with Gasteiger partial charge in [0.1, 0.15) is 5.82 Å². The number of ketones is 1. The number of hydrogen-bond acceptors (Lipinski definition) is 4. The molecule has 122 valence electrons.